The van der Waals surface area contributed by atoms with E-state index in [1.54, 1.807) is 19.2 Å². The largest absolute Gasteiger partial charge is 0.478 e. The van der Waals surface area contributed by atoms with Crippen molar-refractivity contribution in [2.75, 3.05) is 19.0 Å². The highest BCUT2D eigenvalue weighted by molar-refractivity contribution is 5.97. The van der Waals surface area contributed by atoms with Gasteiger partial charge in [-0.05, 0) is 31.0 Å². The SMILES string of the molecule is COCC1(C(=O)Nc2cccc(C(=O)O)c2)CCC1. The molecule has 5 nitrogen and oxygen atoms in total. The van der Waals surface area contributed by atoms with Gasteiger partial charge in [0.25, 0.3) is 0 Å². The molecule has 2 rings (SSSR count). The number of amides is 1. The molecule has 0 aliphatic heterocycles. The monoisotopic (exact) mass is 263 g/mol. The molecule has 1 fully saturated rings. The number of benzene rings is 1. The van der Waals surface area contributed by atoms with Crippen molar-refractivity contribution < 1.29 is 19.4 Å². The topological polar surface area (TPSA) is 75.6 Å². The molecule has 1 aromatic carbocycles. The van der Waals surface area contributed by atoms with Gasteiger partial charge in [0.15, 0.2) is 0 Å². The van der Waals surface area contributed by atoms with Crippen molar-refractivity contribution in [3.8, 4) is 0 Å². The first-order valence-electron chi connectivity index (χ1n) is 6.21. The quantitative estimate of drug-likeness (QED) is 0.853. The minimum atomic E-state index is -1.01. The van der Waals surface area contributed by atoms with Gasteiger partial charge in [-0.1, -0.05) is 12.5 Å². The molecule has 5 heteroatoms. The number of anilines is 1. The molecule has 0 bridgehead atoms. The van der Waals surface area contributed by atoms with Crippen LogP contribution < -0.4 is 5.32 Å². The minimum Gasteiger partial charge on any atom is -0.478 e. The zero-order chi connectivity index (χ0) is 13.9. The van der Waals surface area contributed by atoms with Gasteiger partial charge in [0.2, 0.25) is 5.91 Å². The lowest BCUT2D eigenvalue weighted by atomic mass is 9.68. The van der Waals surface area contributed by atoms with E-state index in [2.05, 4.69) is 5.32 Å². The van der Waals surface area contributed by atoms with E-state index in [9.17, 15) is 9.59 Å². The summed E-state index contributed by atoms with van der Waals surface area (Å²) in [5, 5.41) is 11.7. The second-order valence-corrected chi connectivity index (χ2v) is 4.91. The molecule has 0 saturated heterocycles. The van der Waals surface area contributed by atoms with Crippen LogP contribution in [0.15, 0.2) is 24.3 Å². The van der Waals surface area contributed by atoms with Gasteiger partial charge >= 0.3 is 5.97 Å². The van der Waals surface area contributed by atoms with Crippen molar-refractivity contribution >= 4 is 17.6 Å². The summed E-state index contributed by atoms with van der Waals surface area (Å²) in [6.07, 6.45) is 2.64. The van der Waals surface area contributed by atoms with E-state index in [0.29, 0.717) is 12.3 Å². The van der Waals surface area contributed by atoms with E-state index in [0.717, 1.165) is 19.3 Å². The highest BCUT2D eigenvalue weighted by Crippen LogP contribution is 2.42. The highest BCUT2D eigenvalue weighted by atomic mass is 16.5. The van der Waals surface area contributed by atoms with Crippen LogP contribution in [0.3, 0.4) is 0 Å². The van der Waals surface area contributed by atoms with E-state index in [4.69, 9.17) is 9.84 Å². The third kappa shape index (κ3) is 2.76. The van der Waals surface area contributed by atoms with E-state index in [1.165, 1.54) is 12.1 Å². The van der Waals surface area contributed by atoms with Crippen molar-refractivity contribution in [2.24, 2.45) is 5.41 Å². The van der Waals surface area contributed by atoms with Crippen LogP contribution in [-0.2, 0) is 9.53 Å². The van der Waals surface area contributed by atoms with E-state index >= 15 is 0 Å². The zero-order valence-corrected chi connectivity index (χ0v) is 10.8. The number of rotatable bonds is 5. The lowest BCUT2D eigenvalue weighted by molar-refractivity contribution is -0.134. The first kappa shape index (κ1) is 13.5. The third-order valence-corrected chi connectivity index (χ3v) is 3.58. The Morgan fingerprint density at radius 1 is 1.42 bits per heavy atom. The summed E-state index contributed by atoms with van der Waals surface area (Å²) in [5.74, 6) is -1.10. The summed E-state index contributed by atoms with van der Waals surface area (Å²) < 4.78 is 5.11. The molecular formula is C14H17NO4. The second kappa shape index (κ2) is 5.40. The number of carbonyl (C=O) groups excluding carboxylic acids is 1. The Labute approximate surface area is 111 Å². The normalized spacial score (nSPS) is 16.5. The van der Waals surface area contributed by atoms with Crippen LogP contribution in [0, 0.1) is 5.41 Å². The lowest BCUT2D eigenvalue weighted by Crippen LogP contribution is -2.45. The average molecular weight is 263 g/mol. The molecule has 0 unspecified atom stereocenters. The minimum absolute atomic E-state index is 0.0943. The number of carboxylic acids is 1. The van der Waals surface area contributed by atoms with Gasteiger partial charge < -0.3 is 15.2 Å². The summed E-state index contributed by atoms with van der Waals surface area (Å²) in [5.41, 5.74) is 0.216. The van der Waals surface area contributed by atoms with Gasteiger partial charge in [-0.25, -0.2) is 4.79 Å². The third-order valence-electron chi connectivity index (χ3n) is 3.58. The van der Waals surface area contributed by atoms with Crippen LogP contribution in [0.5, 0.6) is 0 Å². The molecule has 0 atom stereocenters. The average Bonchev–Trinajstić information content (AvgIpc) is 2.33. The maximum atomic E-state index is 12.2. The van der Waals surface area contributed by atoms with Crippen LogP contribution in [0.1, 0.15) is 29.6 Å². The number of ether oxygens (including phenoxy) is 1. The molecule has 0 aromatic heterocycles. The van der Waals surface area contributed by atoms with E-state index in [1.807, 2.05) is 0 Å². The Morgan fingerprint density at radius 2 is 2.16 bits per heavy atom. The molecule has 1 aliphatic carbocycles. The van der Waals surface area contributed by atoms with Crippen molar-refractivity contribution in [3.05, 3.63) is 29.8 Å². The molecular weight excluding hydrogens is 246 g/mol. The Hall–Kier alpha value is -1.88. The molecule has 0 spiro atoms. The molecule has 1 aliphatic rings. The van der Waals surface area contributed by atoms with E-state index in [-0.39, 0.29) is 11.5 Å². The number of methoxy groups -OCH3 is 1. The molecule has 1 aromatic rings. The fourth-order valence-electron chi connectivity index (χ4n) is 2.31. The number of aromatic carboxylic acids is 1. The predicted octanol–water partition coefficient (Wildman–Crippen LogP) is 2.14. The summed E-state index contributed by atoms with van der Waals surface area (Å²) in [4.78, 5) is 23.1. The maximum absolute atomic E-state index is 12.2. The van der Waals surface area contributed by atoms with Crippen LogP contribution in [-0.4, -0.2) is 30.7 Å². The van der Waals surface area contributed by atoms with Gasteiger partial charge in [0.1, 0.15) is 0 Å². The molecule has 0 radical (unpaired) electrons. The molecule has 19 heavy (non-hydrogen) atoms. The van der Waals surface area contributed by atoms with Gasteiger partial charge in [-0.3, -0.25) is 4.79 Å². The molecule has 1 saturated carbocycles. The first-order chi connectivity index (χ1) is 9.07. The van der Waals surface area contributed by atoms with Gasteiger partial charge in [-0.2, -0.15) is 0 Å². The van der Waals surface area contributed by atoms with E-state index < -0.39 is 11.4 Å². The second-order valence-electron chi connectivity index (χ2n) is 4.91. The van der Waals surface area contributed by atoms with Gasteiger partial charge in [0.05, 0.1) is 17.6 Å². The summed E-state index contributed by atoms with van der Waals surface area (Å²) in [7, 11) is 1.58. The van der Waals surface area contributed by atoms with Crippen LogP contribution >= 0.6 is 0 Å². The van der Waals surface area contributed by atoms with Gasteiger partial charge in [0, 0.05) is 12.8 Å². The number of hydrogen-bond donors (Lipinski definition) is 2. The van der Waals surface area contributed by atoms with Crippen molar-refractivity contribution in [3.63, 3.8) is 0 Å². The van der Waals surface area contributed by atoms with Gasteiger partial charge in [-0.15, -0.1) is 0 Å². The lowest BCUT2D eigenvalue weighted by Gasteiger charge is -2.39. The number of hydrogen-bond acceptors (Lipinski definition) is 3. The van der Waals surface area contributed by atoms with Crippen molar-refractivity contribution in [2.45, 2.75) is 19.3 Å². The standard InChI is InChI=1S/C14H17NO4/c1-19-9-14(6-3-7-14)13(18)15-11-5-2-4-10(8-11)12(16)17/h2,4-5,8H,3,6-7,9H2,1H3,(H,15,18)(H,16,17). The summed E-state index contributed by atoms with van der Waals surface area (Å²) in [6.45, 7) is 0.400. The zero-order valence-electron chi connectivity index (χ0n) is 10.8. The Morgan fingerprint density at radius 3 is 2.68 bits per heavy atom. The fraction of sp³-hybridized carbons (Fsp3) is 0.429. The first-order valence-corrected chi connectivity index (χ1v) is 6.21. The van der Waals surface area contributed by atoms with Crippen molar-refractivity contribution in [1.29, 1.82) is 0 Å². The fourth-order valence-corrected chi connectivity index (χ4v) is 2.31. The van der Waals surface area contributed by atoms with Crippen molar-refractivity contribution in [1.82, 2.24) is 0 Å². The predicted molar refractivity (Wildman–Crippen MR) is 70.2 cm³/mol. The smallest absolute Gasteiger partial charge is 0.335 e. The Balaban J connectivity index is 2.10. The molecule has 102 valence electrons. The highest BCUT2D eigenvalue weighted by Gasteiger charge is 2.44. The molecule has 0 heterocycles. The van der Waals surface area contributed by atoms with Crippen LogP contribution in [0.4, 0.5) is 5.69 Å². The number of carboxylic acid groups (broad SMARTS) is 1. The Kier molecular flexibility index (Phi) is 3.85. The Bertz CT molecular complexity index is 494. The number of carbonyl (C=O) groups is 2. The molecule has 2 N–H and O–H groups in total. The molecule has 1 amide bonds. The number of nitrogens with one attached hydrogen (secondary N) is 1. The summed E-state index contributed by atoms with van der Waals surface area (Å²) >= 11 is 0. The van der Waals surface area contributed by atoms with Crippen LogP contribution in [0.25, 0.3) is 0 Å². The summed E-state index contributed by atoms with van der Waals surface area (Å²) in [6, 6.07) is 6.25. The van der Waals surface area contributed by atoms with Crippen LogP contribution in [0.2, 0.25) is 0 Å². The maximum Gasteiger partial charge on any atom is 0.335 e.